The van der Waals surface area contributed by atoms with Gasteiger partial charge in [0.05, 0.1) is 5.56 Å². The summed E-state index contributed by atoms with van der Waals surface area (Å²) in [5, 5.41) is 13.0. The molecule has 0 radical (unpaired) electrons. The van der Waals surface area contributed by atoms with E-state index in [0.717, 1.165) is 0 Å². The number of nitrogens with one attached hydrogen (secondary N) is 1. The molecule has 6 nitrogen and oxygen atoms in total. The van der Waals surface area contributed by atoms with E-state index >= 15 is 0 Å². The lowest BCUT2D eigenvalue weighted by Gasteiger charge is -2.11. The first-order valence-electron chi connectivity index (χ1n) is 5.36. The molecule has 0 unspecified atom stereocenters. The number of carbonyl (C=O) groups excluding carboxylic acids is 1. The number of carbonyl (C=O) groups is 1. The van der Waals surface area contributed by atoms with Gasteiger partial charge in [0.2, 0.25) is 0 Å². The predicted molar refractivity (Wildman–Crippen MR) is 63.5 cm³/mol. The highest BCUT2D eigenvalue weighted by Gasteiger charge is 2.27. The van der Waals surface area contributed by atoms with Crippen LogP contribution in [0.25, 0.3) is 0 Å². The van der Waals surface area contributed by atoms with Crippen molar-refractivity contribution in [1.29, 1.82) is 0 Å². The summed E-state index contributed by atoms with van der Waals surface area (Å²) < 4.78 is 40.7. The fourth-order valence-electron chi connectivity index (χ4n) is 1.25. The van der Waals surface area contributed by atoms with Crippen LogP contribution in [0.2, 0.25) is 0 Å². The van der Waals surface area contributed by atoms with Gasteiger partial charge < -0.3 is 21.0 Å². The van der Waals surface area contributed by atoms with E-state index in [4.69, 9.17) is 15.7 Å². The van der Waals surface area contributed by atoms with E-state index in [9.17, 15) is 18.0 Å². The van der Waals surface area contributed by atoms with Gasteiger partial charge in [-0.1, -0.05) is 17.3 Å². The van der Waals surface area contributed by atoms with Gasteiger partial charge in [-0.3, -0.25) is 4.79 Å². The Bertz CT molecular complexity index is 503. The fourth-order valence-corrected chi connectivity index (χ4v) is 1.25. The molecule has 110 valence electrons. The third-order valence-corrected chi connectivity index (χ3v) is 2.12. The van der Waals surface area contributed by atoms with E-state index in [1.165, 1.54) is 12.1 Å². The molecule has 1 aromatic rings. The summed E-state index contributed by atoms with van der Waals surface area (Å²) in [6.45, 7) is -2.05. The zero-order valence-electron chi connectivity index (χ0n) is 10.1. The summed E-state index contributed by atoms with van der Waals surface area (Å²) in [4.78, 5) is 11.2. The van der Waals surface area contributed by atoms with Gasteiger partial charge in [0.1, 0.15) is 12.3 Å². The van der Waals surface area contributed by atoms with Crippen molar-refractivity contribution in [3.8, 4) is 5.75 Å². The molecule has 0 aliphatic carbocycles. The predicted octanol–water partition coefficient (Wildman–Crippen LogP) is 0.838. The quantitative estimate of drug-likeness (QED) is 0.324. The molecule has 1 rings (SSSR count). The Morgan fingerprint density at radius 3 is 2.65 bits per heavy atom. The Morgan fingerprint density at radius 2 is 2.05 bits per heavy atom. The number of nitrogens with zero attached hydrogens (tertiary/aromatic N) is 1. The van der Waals surface area contributed by atoms with Crippen LogP contribution >= 0.6 is 0 Å². The van der Waals surface area contributed by atoms with Crippen LogP contribution in [0, 0.1) is 0 Å². The van der Waals surface area contributed by atoms with E-state index in [0.29, 0.717) is 0 Å². The van der Waals surface area contributed by atoms with Crippen LogP contribution in [0.4, 0.5) is 13.2 Å². The molecule has 0 saturated carbocycles. The van der Waals surface area contributed by atoms with Gasteiger partial charge in [-0.15, -0.1) is 0 Å². The first-order valence-corrected chi connectivity index (χ1v) is 5.36. The summed E-state index contributed by atoms with van der Waals surface area (Å²) in [5.74, 6) is -1.06. The third-order valence-electron chi connectivity index (χ3n) is 2.12. The van der Waals surface area contributed by atoms with Gasteiger partial charge >= 0.3 is 6.18 Å². The monoisotopic (exact) mass is 291 g/mol. The Kier molecular flexibility index (Phi) is 5.18. The largest absolute Gasteiger partial charge is 0.483 e. The molecule has 0 aromatic heterocycles. The standard InChI is InChI=1S/C11H12F3N3O3/c12-11(13,14)6-16-9(18)5-20-8-4-2-1-3-7(8)10(15)17-19/h1-4,19H,5-6H2,(H2,15,17)(H,16,18). The van der Waals surface area contributed by atoms with E-state index in [2.05, 4.69) is 5.16 Å². The summed E-state index contributed by atoms with van der Waals surface area (Å²) >= 11 is 0. The van der Waals surface area contributed by atoms with Crippen LogP contribution in [0.3, 0.4) is 0 Å². The molecule has 0 atom stereocenters. The number of halogens is 3. The number of rotatable bonds is 5. The number of hydrogen-bond acceptors (Lipinski definition) is 4. The highest BCUT2D eigenvalue weighted by Crippen LogP contribution is 2.17. The molecule has 0 spiro atoms. The van der Waals surface area contributed by atoms with Crippen molar-refractivity contribution in [2.45, 2.75) is 6.18 Å². The summed E-state index contributed by atoms with van der Waals surface area (Å²) in [7, 11) is 0. The molecule has 1 aromatic carbocycles. The Hall–Kier alpha value is -2.45. The number of para-hydroxylation sites is 1. The molecule has 0 aliphatic heterocycles. The Balaban J connectivity index is 2.60. The van der Waals surface area contributed by atoms with Crippen LogP contribution in [-0.2, 0) is 4.79 Å². The molecule has 0 bridgehead atoms. The van der Waals surface area contributed by atoms with Crippen LogP contribution < -0.4 is 15.8 Å². The molecular weight excluding hydrogens is 279 g/mol. The number of amides is 1. The molecular formula is C11H12F3N3O3. The lowest BCUT2D eigenvalue weighted by Crippen LogP contribution is -2.36. The molecule has 4 N–H and O–H groups in total. The van der Waals surface area contributed by atoms with Crippen molar-refractivity contribution in [3.63, 3.8) is 0 Å². The highest BCUT2D eigenvalue weighted by atomic mass is 19.4. The molecule has 1 amide bonds. The number of benzene rings is 1. The van der Waals surface area contributed by atoms with Gasteiger partial charge in [-0.05, 0) is 12.1 Å². The molecule has 0 saturated heterocycles. The number of oxime groups is 1. The summed E-state index contributed by atoms with van der Waals surface area (Å²) in [6, 6.07) is 6.06. The molecule has 0 fully saturated rings. The third kappa shape index (κ3) is 5.04. The van der Waals surface area contributed by atoms with Gasteiger partial charge in [0.25, 0.3) is 5.91 Å². The maximum absolute atomic E-state index is 11.9. The van der Waals surface area contributed by atoms with Gasteiger partial charge in [-0.2, -0.15) is 13.2 Å². The number of ether oxygens (including phenoxy) is 1. The maximum atomic E-state index is 11.9. The number of hydrogen-bond donors (Lipinski definition) is 3. The maximum Gasteiger partial charge on any atom is 0.405 e. The number of nitrogens with two attached hydrogens (primary N) is 1. The Morgan fingerprint density at radius 1 is 1.40 bits per heavy atom. The average molecular weight is 291 g/mol. The van der Waals surface area contributed by atoms with E-state index in [-0.39, 0.29) is 17.1 Å². The van der Waals surface area contributed by atoms with E-state index < -0.39 is 25.2 Å². The minimum absolute atomic E-state index is 0.116. The minimum atomic E-state index is -4.48. The zero-order chi connectivity index (χ0) is 15.2. The SMILES string of the molecule is N/C(=N\O)c1ccccc1OCC(=O)NCC(F)(F)F. The van der Waals surface area contributed by atoms with Gasteiger partial charge in [0.15, 0.2) is 12.4 Å². The molecule has 20 heavy (non-hydrogen) atoms. The summed E-state index contributed by atoms with van der Waals surface area (Å²) in [5.41, 5.74) is 5.61. The van der Waals surface area contributed by atoms with Crippen molar-refractivity contribution in [2.75, 3.05) is 13.2 Å². The Labute approximate surface area is 112 Å². The highest BCUT2D eigenvalue weighted by molar-refractivity contribution is 5.99. The minimum Gasteiger partial charge on any atom is -0.483 e. The first kappa shape index (κ1) is 15.6. The van der Waals surface area contributed by atoms with Crippen molar-refractivity contribution in [2.24, 2.45) is 10.9 Å². The molecule has 0 heterocycles. The van der Waals surface area contributed by atoms with Crippen LogP contribution in [0.1, 0.15) is 5.56 Å². The van der Waals surface area contributed by atoms with Crippen LogP contribution in [0.5, 0.6) is 5.75 Å². The summed E-state index contributed by atoms with van der Waals surface area (Å²) in [6.07, 6.45) is -4.48. The number of amidine groups is 1. The lowest BCUT2D eigenvalue weighted by molar-refractivity contribution is -0.139. The smallest absolute Gasteiger partial charge is 0.405 e. The normalized spacial score (nSPS) is 12.1. The van der Waals surface area contributed by atoms with Crippen LogP contribution in [-0.4, -0.2) is 36.3 Å². The molecule has 9 heteroatoms. The van der Waals surface area contributed by atoms with Gasteiger partial charge in [-0.25, -0.2) is 0 Å². The second kappa shape index (κ2) is 6.64. The van der Waals surface area contributed by atoms with E-state index in [1.807, 2.05) is 0 Å². The topological polar surface area (TPSA) is 96.9 Å². The van der Waals surface area contributed by atoms with Gasteiger partial charge in [0, 0.05) is 0 Å². The first-order chi connectivity index (χ1) is 9.33. The van der Waals surface area contributed by atoms with Crippen LogP contribution in [0.15, 0.2) is 29.4 Å². The second-order valence-electron chi connectivity index (χ2n) is 3.66. The lowest BCUT2D eigenvalue weighted by atomic mass is 10.2. The average Bonchev–Trinajstić information content (AvgIpc) is 2.41. The molecule has 0 aliphatic rings. The van der Waals surface area contributed by atoms with Crippen molar-refractivity contribution in [1.82, 2.24) is 5.32 Å². The zero-order valence-corrected chi connectivity index (χ0v) is 10.1. The van der Waals surface area contributed by atoms with Crippen molar-refractivity contribution >= 4 is 11.7 Å². The second-order valence-corrected chi connectivity index (χ2v) is 3.66. The van der Waals surface area contributed by atoms with Crippen molar-refractivity contribution in [3.05, 3.63) is 29.8 Å². The fraction of sp³-hybridized carbons (Fsp3) is 0.273. The van der Waals surface area contributed by atoms with E-state index in [1.54, 1.807) is 17.4 Å². The number of alkyl halides is 3. The van der Waals surface area contributed by atoms with Crippen molar-refractivity contribution < 1.29 is 27.9 Å².